The number of ketones is 1. The number of aromatic nitrogens is 1. The summed E-state index contributed by atoms with van der Waals surface area (Å²) >= 11 is 0. The molecule has 3 rings (SSSR count). The second-order valence-electron chi connectivity index (χ2n) is 6.21. The number of rotatable bonds is 3. The summed E-state index contributed by atoms with van der Waals surface area (Å²) in [6, 6.07) is 7.48. The number of halogens is 3. The minimum Gasteiger partial charge on any atom is -0.358 e. The van der Waals surface area contributed by atoms with E-state index in [-0.39, 0.29) is 25.3 Å². The molecule has 0 amide bonds. The maximum atomic E-state index is 12.9. The molecule has 0 aliphatic carbocycles. The molecular weight excluding hydrogens is 305 g/mol. The number of alkyl halides is 3. The van der Waals surface area contributed by atoms with Crippen LogP contribution in [-0.2, 0) is 0 Å². The van der Waals surface area contributed by atoms with Crippen LogP contribution in [0.5, 0.6) is 0 Å². The highest BCUT2D eigenvalue weighted by molar-refractivity contribution is 6.10. The van der Waals surface area contributed by atoms with Gasteiger partial charge in [-0.2, -0.15) is 13.2 Å². The molecule has 1 aliphatic rings. The van der Waals surface area contributed by atoms with Crippen LogP contribution >= 0.6 is 0 Å². The number of Topliss-reactive ketones (excluding diaryl/α,β-unsaturated/α-hetero) is 1. The summed E-state index contributed by atoms with van der Waals surface area (Å²) < 4.78 is 38.6. The fourth-order valence-corrected chi connectivity index (χ4v) is 3.38. The third-order valence-corrected chi connectivity index (χ3v) is 4.51. The SMILES string of the molecule is Cc1[nH]c2ccccc2c1C(=O)CN1CCC[C@@H](C(F)(F)F)C1. The summed E-state index contributed by atoms with van der Waals surface area (Å²) in [7, 11) is 0. The van der Waals surface area contributed by atoms with Crippen molar-refractivity contribution in [2.24, 2.45) is 5.92 Å². The first-order valence-electron chi connectivity index (χ1n) is 7.76. The summed E-state index contributed by atoms with van der Waals surface area (Å²) in [6.45, 7) is 2.31. The van der Waals surface area contributed by atoms with Gasteiger partial charge in [-0.15, -0.1) is 0 Å². The van der Waals surface area contributed by atoms with E-state index >= 15 is 0 Å². The molecule has 0 spiro atoms. The number of nitrogens with zero attached hydrogens (tertiary/aromatic N) is 1. The number of carbonyl (C=O) groups is 1. The van der Waals surface area contributed by atoms with E-state index in [1.807, 2.05) is 31.2 Å². The summed E-state index contributed by atoms with van der Waals surface area (Å²) in [6.07, 6.45) is -3.55. The molecule has 1 N–H and O–H groups in total. The van der Waals surface area contributed by atoms with Gasteiger partial charge in [-0.1, -0.05) is 18.2 Å². The first-order valence-corrected chi connectivity index (χ1v) is 7.76. The number of fused-ring (bicyclic) bond motifs is 1. The Morgan fingerprint density at radius 3 is 2.83 bits per heavy atom. The Kier molecular flexibility index (Phi) is 4.19. The van der Waals surface area contributed by atoms with Gasteiger partial charge in [0.2, 0.25) is 0 Å². The summed E-state index contributed by atoms with van der Waals surface area (Å²) in [4.78, 5) is 17.4. The number of piperidine rings is 1. The van der Waals surface area contributed by atoms with Crippen molar-refractivity contribution in [3.8, 4) is 0 Å². The lowest BCUT2D eigenvalue weighted by Crippen LogP contribution is -2.43. The molecule has 0 radical (unpaired) electrons. The molecule has 1 aromatic carbocycles. The number of para-hydroxylation sites is 1. The zero-order valence-electron chi connectivity index (χ0n) is 12.9. The van der Waals surface area contributed by atoms with Gasteiger partial charge >= 0.3 is 6.18 Å². The van der Waals surface area contributed by atoms with E-state index in [4.69, 9.17) is 0 Å². The van der Waals surface area contributed by atoms with Crippen LogP contribution in [0.15, 0.2) is 24.3 Å². The van der Waals surface area contributed by atoms with Crippen LogP contribution in [0.2, 0.25) is 0 Å². The van der Waals surface area contributed by atoms with E-state index in [2.05, 4.69) is 4.98 Å². The average molecular weight is 324 g/mol. The van der Waals surface area contributed by atoms with Gasteiger partial charge in [0.05, 0.1) is 12.5 Å². The van der Waals surface area contributed by atoms with Gasteiger partial charge in [0.1, 0.15) is 0 Å². The Bertz CT molecular complexity index is 720. The first kappa shape index (κ1) is 16.1. The highest BCUT2D eigenvalue weighted by atomic mass is 19.4. The standard InChI is InChI=1S/C17H19F3N2O/c1-11-16(13-6-2-3-7-14(13)21-11)15(23)10-22-8-4-5-12(9-22)17(18,19)20/h2-3,6-7,12,21H,4-5,8-10H2,1H3/t12-/m1/s1. The van der Waals surface area contributed by atoms with E-state index in [0.29, 0.717) is 18.5 Å². The van der Waals surface area contributed by atoms with Crippen molar-refractivity contribution in [1.82, 2.24) is 9.88 Å². The lowest BCUT2D eigenvalue weighted by atomic mass is 9.96. The summed E-state index contributed by atoms with van der Waals surface area (Å²) in [5, 5.41) is 0.833. The van der Waals surface area contributed by atoms with E-state index in [1.54, 1.807) is 4.90 Å². The third kappa shape index (κ3) is 3.27. The molecule has 2 aromatic rings. The number of benzene rings is 1. The van der Waals surface area contributed by atoms with E-state index in [1.165, 1.54) is 0 Å². The fourth-order valence-electron chi connectivity index (χ4n) is 3.38. The van der Waals surface area contributed by atoms with Crippen molar-refractivity contribution in [3.63, 3.8) is 0 Å². The molecule has 1 saturated heterocycles. The highest BCUT2D eigenvalue weighted by Crippen LogP contribution is 2.33. The van der Waals surface area contributed by atoms with Crippen LogP contribution in [-0.4, -0.2) is 41.5 Å². The maximum Gasteiger partial charge on any atom is 0.393 e. The molecule has 1 atom stereocenters. The predicted octanol–water partition coefficient (Wildman–Crippen LogP) is 3.93. The van der Waals surface area contributed by atoms with E-state index < -0.39 is 12.1 Å². The molecule has 0 saturated carbocycles. The van der Waals surface area contributed by atoms with Gasteiger partial charge in [-0.3, -0.25) is 9.69 Å². The Morgan fingerprint density at radius 1 is 1.35 bits per heavy atom. The molecule has 0 unspecified atom stereocenters. The topological polar surface area (TPSA) is 36.1 Å². The Hall–Kier alpha value is -1.82. The Morgan fingerprint density at radius 2 is 2.09 bits per heavy atom. The van der Waals surface area contributed by atoms with Gasteiger partial charge in [-0.25, -0.2) is 0 Å². The second kappa shape index (κ2) is 6.00. The van der Waals surface area contributed by atoms with Crippen LogP contribution < -0.4 is 0 Å². The van der Waals surface area contributed by atoms with E-state index in [9.17, 15) is 18.0 Å². The minimum atomic E-state index is -4.18. The molecule has 2 heterocycles. The zero-order chi connectivity index (χ0) is 16.6. The number of aromatic amines is 1. The number of likely N-dealkylation sites (tertiary alicyclic amines) is 1. The molecule has 23 heavy (non-hydrogen) atoms. The monoisotopic (exact) mass is 324 g/mol. The number of carbonyl (C=O) groups excluding carboxylic acids is 1. The molecular formula is C17H19F3N2O. The zero-order valence-corrected chi connectivity index (χ0v) is 12.9. The van der Waals surface area contributed by atoms with Gasteiger partial charge < -0.3 is 4.98 Å². The van der Waals surface area contributed by atoms with Crippen molar-refractivity contribution in [2.75, 3.05) is 19.6 Å². The number of nitrogens with one attached hydrogen (secondary N) is 1. The number of H-pyrrole nitrogens is 1. The smallest absolute Gasteiger partial charge is 0.358 e. The van der Waals surface area contributed by atoms with Crippen molar-refractivity contribution < 1.29 is 18.0 Å². The van der Waals surface area contributed by atoms with Gasteiger partial charge in [-0.05, 0) is 32.4 Å². The van der Waals surface area contributed by atoms with Crippen LogP contribution in [0.1, 0.15) is 28.9 Å². The number of hydrogen-bond acceptors (Lipinski definition) is 2. The minimum absolute atomic E-state index is 0.0370. The van der Waals surface area contributed by atoms with Crippen molar-refractivity contribution in [1.29, 1.82) is 0 Å². The molecule has 124 valence electrons. The lowest BCUT2D eigenvalue weighted by molar-refractivity contribution is -0.186. The average Bonchev–Trinajstić information content (AvgIpc) is 2.82. The van der Waals surface area contributed by atoms with Crippen LogP contribution in [0.4, 0.5) is 13.2 Å². The van der Waals surface area contributed by atoms with Crippen LogP contribution in [0.25, 0.3) is 10.9 Å². The Labute approximate surface area is 132 Å². The summed E-state index contributed by atoms with van der Waals surface area (Å²) in [5.74, 6) is -1.45. The number of aryl methyl sites for hydroxylation is 1. The van der Waals surface area contributed by atoms with Gasteiger partial charge in [0.15, 0.2) is 5.78 Å². The largest absolute Gasteiger partial charge is 0.393 e. The highest BCUT2D eigenvalue weighted by Gasteiger charge is 2.42. The molecule has 1 fully saturated rings. The fraction of sp³-hybridized carbons (Fsp3) is 0.471. The van der Waals surface area contributed by atoms with Crippen LogP contribution in [0, 0.1) is 12.8 Å². The molecule has 1 aliphatic heterocycles. The normalized spacial score (nSPS) is 20.1. The maximum absolute atomic E-state index is 12.9. The second-order valence-corrected chi connectivity index (χ2v) is 6.21. The molecule has 3 nitrogen and oxygen atoms in total. The first-order chi connectivity index (χ1) is 10.9. The van der Waals surface area contributed by atoms with Gasteiger partial charge in [0.25, 0.3) is 0 Å². The molecule has 1 aromatic heterocycles. The Balaban J connectivity index is 1.77. The van der Waals surface area contributed by atoms with Crippen molar-refractivity contribution >= 4 is 16.7 Å². The van der Waals surface area contributed by atoms with Crippen molar-refractivity contribution in [3.05, 3.63) is 35.5 Å². The third-order valence-electron chi connectivity index (χ3n) is 4.51. The molecule has 6 heteroatoms. The molecule has 0 bridgehead atoms. The lowest BCUT2D eigenvalue weighted by Gasteiger charge is -2.33. The number of hydrogen-bond donors (Lipinski definition) is 1. The van der Waals surface area contributed by atoms with Crippen molar-refractivity contribution in [2.45, 2.75) is 25.9 Å². The van der Waals surface area contributed by atoms with Gasteiger partial charge in [0, 0.05) is 28.7 Å². The predicted molar refractivity (Wildman–Crippen MR) is 82.6 cm³/mol. The quantitative estimate of drug-likeness (QED) is 0.868. The van der Waals surface area contributed by atoms with E-state index in [0.717, 1.165) is 16.6 Å². The summed E-state index contributed by atoms with van der Waals surface area (Å²) in [5.41, 5.74) is 2.23. The van der Waals surface area contributed by atoms with Crippen LogP contribution in [0.3, 0.4) is 0 Å².